The summed E-state index contributed by atoms with van der Waals surface area (Å²) >= 11 is 0. The van der Waals surface area contributed by atoms with Crippen molar-refractivity contribution in [2.45, 2.75) is 18.8 Å². The van der Waals surface area contributed by atoms with Gasteiger partial charge in [0.15, 0.2) is 0 Å². The van der Waals surface area contributed by atoms with Crippen LogP contribution in [0.4, 0.5) is 26.3 Å². The van der Waals surface area contributed by atoms with Gasteiger partial charge in [0.2, 0.25) is 0 Å². The number of alkyl halides is 6. The van der Waals surface area contributed by atoms with Crippen molar-refractivity contribution >= 4 is 0 Å². The minimum atomic E-state index is -5.00. The van der Waals surface area contributed by atoms with E-state index in [9.17, 15) is 26.3 Å². The normalized spacial score (nSPS) is 16.2. The molecule has 0 fully saturated rings. The number of halogens is 6. The Labute approximate surface area is 64.0 Å². The molecular formula is C5H6F6O. The number of aliphatic hydroxyl groups is 1. The van der Waals surface area contributed by atoms with Gasteiger partial charge in [0.05, 0.1) is 18.9 Å². The molecule has 0 bridgehead atoms. The third-order valence-corrected chi connectivity index (χ3v) is 1.16. The Balaban J connectivity index is 4.20. The summed E-state index contributed by atoms with van der Waals surface area (Å²) in [4.78, 5) is 0. The molecule has 0 aromatic carbocycles. The molecule has 0 aliphatic carbocycles. The van der Waals surface area contributed by atoms with Gasteiger partial charge < -0.3 is 5.11 Å². The molecule has 0 radical (unpaired) electrons. The van der Waals surface area contributed by atoms with Gasteiger partial charge in [-0.2, -0.15) is 26.3 Å². The van der Waals surface area contributed by atoms with Crippen LogP contribution in [0.2, 0.25) is 0 Å². The van der Waals surface area contributed by atoms with Crippen LogP contribution < -0.4 is 0 Å². The molecular weight excluding hydrogens is 190 g/mol. The summed E-state index contributed by atoms with van der Waals surface area (Å²) in [5.74, 6) is -2.71. The van der Waals surface area contributed by atoms with Crippen molar-refractivity contribution in [1.29, 1.82) is 0 Å². The summed E-state index contributed by atoms with van der Waals surface area (Å²) in [6, 6.07) is 0. The molecule has 0 aliphatic heterocycles. The van der Waals surface area contributed by atoms with Crippen molar-refractivity contribution < 1.29 is 31.4 Å². The first-order valence-electron chi connectivity index (χ1n) is 2.91. The number of rotatable bonds is 2. The van der Waals surface area contributed by atoms with Crippen LogP contribution in [-0.4, -0.2) is 24.1 Å². The van der Waals surface area contributed by atoms with Crippen LogP contribution in [0.15, 0.2) is 0 Å². The van der Waals surface area contributed by atoms with Crippen LogP contribution in [0.1, 0.15) is 6.42 Å². The Morgan fingerprint density at radius 3 is 1.50 bits per heavy atom. The van der Waals surface area contributed by atoms with Crippen LogP contribution >= 0.6 is 0 Å². The van der Waals surface area contributed by atoms with Gasteiger partial charge in [-0.15, -0.1) is 0 Å². The molecule has 0 saturated carbocycles. The minimum absolute atomic E-state index is 1.54. The molecule has 0 spiro atoms. The van der Waals surface area contributed by atoms with Gasteiger partial charge in [-0.25, -0.2) is 0 Å². The van der Waals surface area contributed by atoms with Crippen LogP contribution in [0.5, 0.6) is 0 Å². The number of aliphatic hydroxyl groups excluding tert-OH is 1. The van der Waals surface area contributed by atoms with E-state index in [1.54, 1.807) is 0 Å². The highest BCUT2D eigenvalue weighted by Crippen LogP contribution is 2.34. The van der Waals surface area contributed by atoms with E-state index in [0.717, 1.165) is 0 Å². The molecule has 7 heteroatoms. The second-order valence-corrected chi connectivity index (χ2v) is 2.24. The van der Waals surface area contributed by atoms with E-state index in [4.69, 9.17) is 5.11 Å². The van der Waals surface area contributed by atoms with Crippen LogP contribution in [0.25, 0.3) is 0 Å². The van der Waals surface area contributed by atoms with Gasteiger partial charge in [0.25, 0.3) is 0 Å². The van der Waals surface area contributed by atoms with Crippen LogP contribution in [0.3, 0.4) is 0 Å². The van der Waals surface area contributed by atoms with Crippen molar-refractivity contribution in [1.82, 2.24) is 0 Å². The fraction of sp³-hybridized carbons (Fsp3) is 1.00. The summed E-state index contributed by atoms with van der Waals surface area (Å²) < 4.78 is 69.0. The maximum atomic E-state index is 11.6. The molecule has 1 atom stereocenters. The third-order valence-electron chi connectivity index (χ3n) is 1.16. The molecule has 1 N–H and O–H groups in total. The van der Waals surface area contributed by atoms with Gasteiger partial charge in [-0.05, 0) is 0 Å². The van der Waals surface area contributed by atoms with Crippen molar-refractivity contribution in [3.8, 4) is 0 Å². The highest BCUT2D eigenvalue weighted by molar-refractivity contribution is 4.70. The number of hydrogen-bond donors (Lipinski definition) is 1. The van der Waals surface area contributed by atoms with Crippen molar-refractivity contribution in [2.24, 2.45) is 5.92 Å². The molecule has 0 heterocycles. The topological polar surface area (TPSA) is 20.2 Å². The lowest BCUT2D eigenvalue weighted by atomic mass is 10.1. The maximum Gasteiger partial charge on any atom is 0.394 e. The third kappa shape index (κ3) is 4.42. The molecule has 0 aromatic rings. The van der Waals surface area contributed by atoms with Crippen LogP contribution in [0, 0.1) is 5.92 Å². The second kappa shape index (κ2) is 3.51. The summed E-state index contributed by atoms with van der Waals surface area (Å²) in [6.45, 7) is -1.54. The number of hydrogen-bond acceptors (Lipinski definition) is 1. The van der Waals surface area contributed by atoms with E-state index < -0.39 is 31.3 Å². The minimum Gasteiger partial charge on any atom is -0.396 e. The van der Waals surface area contributed by atoms with Crippen molar-refractivity contribution in [2.75, 3.05) is 6.61 Å². The largest absolute Gasteiger partial charge is 0.396 e. The summed E-state index contributed by atoms with van der Waals surface area (Å²) in [7, 11) is 0. The van der Waals surface area contributed by atoms with Gasteiger partial charge in [-0.1, -0.05) is 0 Å². The average molecular weight is 196 g/mol. The van der Waals surface area contributed by atoms with Gasteiger partial charge >= 0.3 is 12.4 Å². The van der Waals surface area contributed by atoms with Crippen molar-refractivity contribution in [3.63, 3.8) is 0 Å². The Kier molecular flexibility index (Phi) is 3.37. The quantitative estimate of drug-likeness (QED) is 0.670. The molecule has 0 amide bonds. The van der Waals surface area contributed by atoms with Crippen LogP contribution in [-0.2, 0) is 0 Å². The standard InChI is InChI=1S/C5H6F6O/c6-4(7,8)1-3(2-12)5(9,10)11/h3,12H,1-2H2/t3-/m1/s1. The molecule has 0 rings (SSSR count). The average Bonchev–Trinajstić information content (AvgIpc) is 1.78. The first kappa shape index (κ1) is 11.5. The SMILES string of the molecule is OC[C@@H](CC(F)(F)F)C(F)(F)F. The second-order valence-electron chi connectivity index (χ2n) is 2.24. The molecule has 0 aromatic heterocycles. The predicted molar refractivity (Wildman–Crippen MR) is 27.3 cm³/mol. The monoisotopic (exact) mass is 196 g/mol. The fourth-order valence-electron chi connectivity index (χ4n) is 0.563. The first-order valence-corrected chi connectivity index (χ1v) is 2.91. The Hall–Kier alpha value is -0.460. The Morgan fingerprint density at radius 1 is 1.00 bits per heavy atom. The van der Waals surface area contributed by atoms with Gasteiger partial charge in [0, 0.05) is 0 Å². The zero-order valence-electron chi connectivity index (χ0n) is 5.71. The molecule has 12 heavy (non-hydrogen) atoms. The van der Waals surface area contributed by atoms with E-state index in [2.05, 4.69) is 0 Å². The van der Waals surface area contributed by atoms with Gasteiger partial charge in [0.1, 0.15) is 0 Å². The van der Waals surface area contributed by atoms with E-state index in [1.165, 1.54) is 0 Å². The summed E-state index contributed by atoms with van der Waals surface area (Å²) in [5.41, 5.74) is 0. The smallest absolute Gasteiger partial charge is 0.394 e. The molecule has 74 valence electrons. The fourth-order valence-corrected chi connectivity index (χ4v) is 0.563. The predicted octanol–water partition coefficient (Wildman–Crippen LogP) is 2.11. The lowest BCUT2D eigenvalue weighted by Gasteiger charge is -2.18. The Bertz CT molecular complexity index is 136. The lowest BCUT2D eigenvalue weighted by molar-refractivity contribution is -0.225. The molecule has 0 saturated heterocycles. The van der Waals surface area contributed by atoms with Gasteiger partial charge in [-0.3, -0.25) is 0 Å². The first-order chi connectivity index (χ1) is 5.17. The maximum absolute atomic E-state index is 11.6. The molecule has 0 unspecified atom stereocenters. The van der Waals surface area contributed by atoms with E-state index in [0.29, 0.717) is 0 Å². The zero-order valence-corrected chi connectivity index (χ0v) is 5.71. The van der Waals surface area contributed by atoms with E-state index >= 15 is 0 Å². The molecule has 0 aliphatic rings. The lowest BCUT2D eigenvalue weighted by Crippen LogP contribution is -2.31. The summed E-state index contributed by atoms with van der Waals surface area (Å²) in [5, 5.41) is 8.00. The molecule has 1 nitrogen and oxygen atoms in total. The van der Waals surface area contributed by atoms with Crippen molar-refractivity contribution in [3.05, 3.63) is 0 Å². The highest BCUT2D eigenvalue weighted by Gasteiger charge is 2.45. The Morgan fingerprint density at radius 2 is 1.42 bits per heavy atom. The van der Waals surface area contributed by atoms with E-state index in [1.807, 2.05) is 0 Å². The van der Waals surface area contributed by atoms with E-state index in [-0.39, 0.29) is 0 Å². The summed E-state index contributed by atoms with van der Waals surface area (Å²) in [6.07, 6.45) is -11.9. The highest BCUT2D eigenvalue weighted by atomic mass is 19.4. The zero-order chi connectivity index (χ0) is 9.99.